The van der Waals surface area contributed by atoms with Crippen LogP contribution in [0.4, 0.5) is 4.39 Å². The molecule has 0 spiro atoms. The van der Waals surface area contributed by atoms with Gasteiger partial charge < -0.3 is 14.4 Å². The van der Waals surface area contributed by atoms with Gasteiger partial charge in [0, 0.05) is 13.0 Å². The Morgan fingerprint density at radius 3 is 2.52 bits per heavy atom. The molecule has 0 saturated carbocycles. The number of aliphatic hydroxyl groups is 1. The van der Waals surface area contributed by atoms with Crippen molar-refractivity contribution in [1.82, 2.24) is 4.90 Å². The van der Waals surface area contributed by atoms with Crippen LogP contribution in [-0.4, -0.2) is 35.3 Å². The van der Waals surface area contributed by atoms with Gasteiger partial charge in [-0.1, -0.05) is 19.1 Å². The number of carbonyl (C=O) groups is 2. The number of carbonyl (C=O) groups excluding carboxylic acids is 2. The summed E-state index contributed by atoms with van der Waals surface area (Å²) in [4.78, 5) is 25.5. The van der Waals surface area contributed by atoms with Crippen LogP contribution in [0.3, 0.4) is 0 Å². The minimum Gasteiger partial charge on any atom is -0.503 e. The molecule has 5 nitrogen and oxygen atoms in total. The molecule has 130 valence electrons. The summed E-state index contributed by atoms with van der Waals surface area (Å²) in [7, 11) is 1.51. The molecule has 0 fully saturated rings. The molecule has 0 aliphatic carbocycles. The first-order valence-corrected chi connectivity index (χ1v) is 7.87. The van der Waals surface area contributed by atoms with Crippen LogP contribution in [0.1, 0.15) is 40.3 Å². The van der Waals surface area contributed by atoms with Crippen molar-refractivity contribution in [2.24, 2.45) is 0 Å². The first-order valence-electron chi connectivity index (χ1n) is 7.87. The van der Waals surface area contributed by atoms with Crippen molar-refractivity contribution >= 4 is 11.7 Å². The number of halogens is 1. The predicted octanol–water partition coefficient (Wildman–Crippen LogP) is 3.35. The van der Waals surface area contributed by atoms with Crippen molar-refractivity contribution in [2.45, 2.75) is 19.8 Å². The Morgan fingerprint density at radius 2 is 1.96 bits per heavy atom. The molecule has 1 aliphatic rings. The molecule has 1 aliphatic heterocycles. The lowest BCUT2D eigenvalue weighted by molar-refractivity contribution is -0.126. The Bertz CT molecular complexity index is 879. The van der Waals surface area contributed by atoms with E-state index in [1.165, 1.54) is 24.1 Å². The van der Waals surface area contributed by atoms with Crippen molar-refractivity contribution < 1.29 is 23.5 Å². The van der Waals surface area contributed by atoms with Gasteiger partial charge in [0.1, 0.15) is 11.6 Å². The van der Waals surface area contributed by atoms with Gasteiger partial charge in [0.05, 0.1) is 12.1 Å². The van der Waals surface area contributed by atoms with E-state index >= 15 is 0 Å². The zero-order valence-electron chi connectivity index (χ0n) is 14.2. The molecule has 1 aromatic carbocycles. The second-order valence-electron chi connectivity index (χ2n) is 6.25. The number of likely N-dealkylation sites (N-methyl/N-ethyl adjacent to an activating group) is 1. The minimum absolute atomic E-state index is 0.0298. The van der Waals surface area contributed by atoms with Crippen molar-refractivity contribution in [1.29, 1.82) is 0 Å². The number of hydrogen-bond donors (Lipinski definition) is 1. The van der Waals surface area contributed by atoms with Crippen molar-refractivity contribution in [2.75, 3.05) is 13.6 Å². The summed E-state index contributed by atoms with van der Waals surface area (Å²) in [5, 5.41) is 9.84. The number of nitrogens with zero attached hydrogens (tertiary/aromatic N) is 1. The van der Waals surface area contributed by atoms with Crippen molar-refractivity contribution in [3.63, 3.8) is 0 Å². The zero-order valence-corrected chi connectivity index (χ0v) is 14.2. The van der Waals surface area contributed by atoms with Gasteiger partial charge in [-0.25, -0.2) is 4.39 Å². The van der Waals surface area contributed by atoms with Gasteiger partial charge in [-0.3, -0.25) is 9.59 Å². The molecule has 1 aromatic heterocycles. The Hall–Kier alpha value is -2.89. The summed E-state index contributed by atoms with van der Waals surface area (Å²) >= 11 is 0. The SMILES string of the molecule is Cc1cc(C(=O)C2=C(O)C(=O)N(C)C2)oc1C(C)c1ccc(F)cc1. The van der Waals surface area contributed by atoms with Crippen LogP contribution in [0.25, 0.3) is 0 Å². The molecule has 3 rings (SSSR count). The molecule has 1 N–H and O–H groups in total. The molecule has 2 heterocycles. The van der Waals surface area contributed by atoms with Gasteiger partial charge in [-0.2, -0.15) is 0 Å². The Labute approximate surface area is 144 Å². The molecule has 1 atom stereocenters. The van der Waals surface area contributed by atoms with Gasteiger partial charge in [-0.05, 0) is 36.2 Å². The first kappa shape index (κ1) is 17.0. The quantitative estimate of drug-likeness (QED) is 0.864. The van der Waals surface area contributed by atoms with Crippen LogP contribution in [0, 0.1) is 12.7 Å². The van der Waals surface area contributed by atoms with E-state index < -0.39 is 17.4 Å². The zero-order chi connectivity index (χ0) is 18.3. The Kier molecular flexibility index (Phi) is 4.20. The largest absolute Gasteiger partial charge is 0.503 e. The number of furan rings is 1. The normalized spacial score (nSPS) is 15.8. The number of aryl methyl sites for hydroxylation is 1. The molecule has 1 amide bonds. The van der Waals surface area contributed by atoms with E-state index in [1.54, 1.807) is 18.2 Å². The highest BCUT2D eigenvalue weighted by molar-refractivity contribution is 6.14. The highest BCUT2D eigenvalue weighted by atomic mass is 19.1. The van der Waals surface area contributed by atoms with E-state index in [-0.39, 0.29) is 29.6 Å². The molecule has 6 heteroatoms. The molecule has 1 unspecified atom stereocenters. The van der Waals surface area contributed by atoms with E-state index in [4.69, 9.17) is 4.42 Å². The minimum atomic E-state index is -0.577. The molecular weight excluding hydrogens is 325 g/mol. The van der Waals surface area contributed by atoms with Gasteiger partial charge in [0.2, 0.25) is 5.78 Å². The standard InChI is InChI=1S/C19H18FNO4/c1-10-8-15(16(22)14-9-21(3)19(24)17(14)23)25-18(10)11(2)12-4-6-13(20)7-5-12/h4-8,11,23H,9H2,1-3H3. The topological polar surface area (TPSA) is 70.8 Å². The fraction of sp³-hybridized carbons (Fsp3) is 0.263. The smallest absolute Gasteiger partial charge is 0.289 e. The molecule has 0 bridgehead atoms. The van der Waals surface area contributed by atoms with E-state index in [0.717, 1.165) is 11.1 Å². The van der Waals surface area contributed by atoms with Crippen LogP contribution in [0.15, 0.2) is 46.1 Å². The maximum absolute atomic E-state index is 13.1. The van der Waals surface area contributed by atoms with Crippen molar-refractivity contribution in [3.05, 3.63) is 70.1 Å². The number of benzene rings is 1. The average molecular weight is 343 g/mol. The predicted molar refractivity (Wildman–Crippen MR) is 89.0 cm³/mol. The lowest BCUT2D eigenvalue weighted by Gasteiger charge is -2.10. The average Bonchev–Trinajstić information content (AvgIpc) is 3.10. The summed E-state index contributed by atoms with van der Waals surface area (Å²) in [5.41, 5.74) is 1.66. The molecule has 0 radical (unpaired) electrons. The summed E-state index contributed by atoms with van der Waals surface area (Å²) in [6.07, 6.45) is 0. The molecule has 2 aromatic rings. The lowest BCUT2D eigenvalue weighted by Crippen LogP contribution is -2.22. The third-order valence-electron chi connectivity index (χ3n) is 4.45. The van der Waals surface area contributed by atoms with Crippen LogP contribution in [0.5, 0.6) is 0 Å². The molecular formula is C19H18FNO4. The second kappa shape index (κ2) is 6.20. The number of ketones is 1. The Balaban J connectivity index is 1.91. The fourth-order valence-electron chi connectivity index (χ4n) is 2.96. The number of aliphatic hydroxyl groups excluding tert-OH is 1. The number of Topliss-reactive ketones (excluding diaryl/α,β-unsaturated/α-hetero) is 1. The fourth-order valence-corrected chi connectivity index (χ4v) is 2.96. The molecule has 0 saturated heterocycles. The van der Waals surface area contributed by atoms with Crippen LogP contribution in [-0.2, 0) is 4.79 Å². The number of amides is 1. The van der Waals surface area contributed by atoms with E-state index in [0.29, 0.717) is 5.76 Å². The maximum Gasteiger partial charge on any atom is 0.289 e. The van der Waals surface area contributed by atoms with E-state index in [2.05, 4.69) is 0 Å². The number of hydrogen-bond acceptors (Lipinski definition) is 4. The van der Waals surface area contributed by atoms with E-state index in [1.807, 2.05) is 13.8 Å². The number of rotatable bonds is 4. The summed E-state index contributed by atoms with van der Waals surface area (Å²) in [6.45, 7) is 3.76. The van der Waals surface area contributed by atoms with Gasteiger partial charge in [0.15, 0.2) is 11.5 Å². The van der Waals surface area contributed by atoms with Gasteiger partial charge in [-0.15, -0.1) is 0 Å². The van der Waals surface area contributed by atoms with Crippen LogP contribution >= 0.6 is 0 Å². The third-order valence-corrected chi connectivity index (χ3v) is 4.45. The van der Waals surface area contributed by atoms with Crippen LogP contribution in [0.2, 0.25) is 0 Å². The third kappa shape index (κ3) is 2.95. The maximum atomic E-state index is 13.1. The van der Waals surface area contributed by atoms with Crippen molar-refractivity contribution in [3.8, 4) is 0 Å². The second-order valence-corrected chi connectivity index (χ2v) is 6.25. The van der Waals surface area contributed by atoms with Crippen LogP contribution < -0.4 is 0 Å². The Morgan fingerprint density at radius 1 is 1.32 bits per heavy atom. The summed E-state index contributed by atoms with van der Waals surface area (Å²) in [6, 6.07) is 7.68. The summed E-state index contributed by atoms with van der Waals surface area (Å²) in [5.74, 6) is -1.44. The summed E-state index contributed by atoms with van der Waals surface area (Å²) < 4.78 is 18.8. The monoisotopic (exact) mass is 343 g/mol. The van der Waals surface area contributed by atoms with Gasteiger partial charge >= 0.3 is 0 Å². The molecule has 25 heavy (non-hydrogen) atoms. The first-order chi connectivity index (χ1) is 11.8. The highest BCUT2D eigenvalue weighted by Crippen LogP contribution is 2.31. The van der Waals surface area contributed by atoms with E-state index in [9.17, 15) is 19.1 Å². The van der Waals surface area contributed by atoms with Gasteiger partial charge in [0.25, 0.3) is 5.91 Å². The highest BCUT2D eigenvalue weighted by Gasteiger charge is 2.33. The lowest BCUT2D eigenvalue weighted by atomic mass is 9.96.